The number of rotatable bonds is 6. The van der Waals surface area contributed by atoms with Gasteiger partial charge in [-0.3, -0.25) is 0 Å². The SMILES string of the molecule is c1csc(-c2ccc(-c3ccc(-c4cc5ccc6c7ccc8c(ccc9cc(-c%10ccc(-c%11ccc(-c%12cccs%12)cc%11)cc%10)sc98)c7ccc6c5s4)cc3)cc2)c1. The number of hydrogen-bond donors (Lipinski definition) is 0. The molecule has 0 fully saturated rings. The first-order chi connectivity index (χ1) is 28.7. The second-order valence-corrected chi connectivity index (χ2v) is 18.9. The van der Waals surface area contributed by atoms with Crippen molar-refractivity contribution in [3.63, 3.8) is 0 Å². The van der Waals surface area contributed by atoms with Gasteiger partial charge in [-0.15, -0.1) is 45.3 Å². The van der Waals surface area contributed by atoms with Crippen LogP contribution in [0.25, 0.3) is 117 Å². The van der Waals surface area contributed by atoms with Crippen LogP contribution < -0.4 is 0 Å². The van der Waals surface area contributed by atoms with E-state index in [0.717, 1.165) is 0 Å². The van der Waals surface area contributed by atoms with E-state index in [4.69, 9.17) is 0 Å². The van der Waals surface area contributed by atoms with E-state index in [1.165, 1.54) is 117 Å². The average molecular weight is 809 g/mol. The zero-order chi connectivity index (χ0) is 38.2. The van der Waals surface area contributed by atoms with Gasteiger partial charge in [0.05, 0.1) is 0 Å². The van der Waals surface area contributed by atoms with Crippen LogP contribution in [0.3, 0.4) is 0 Å². The summed E-state index contributed by atoms with van der Waals surface area (Å²) < 4.78 is 2.70. The molecule has 0 unspecified atom stereocenters. The lowest BCUT2D eigenvalue weighted by Gasteiger charge is -2.09. The summed E-state index contributed by atoms with van der Waals surface area (Å²) in [5, 5.41) is 14.8. The summed E-state index contributed by atoms with van der Waals surface area (Å²) in [6.07, 6.45) is 0. The molecule has 0 aliphatic heterocycles. The third-order valence-corrected chi connectivity index (χ3v) is 15.8. The van der Waals surface area contributed by atoms with E-state index in [0.29, 0.717) is 0 Å². The lowest BCUT2D eigenvalue weighted by molar-refractivity contribution is 1.62. The van der Waals surface area contributed by atoms with Crippen molar-refractivity contribution >= 4 is 97.8 Å². The third kappa shape index (κ3) is 5.75. The molecule has 0 saturated carbocycles. The highest BCUT2D eigenvalue weighted by Gasteiger charge is 2.14. The third-order valence-electron chi connectivity index (χ3n) is 11.5. The van der Waals surface area contributed by atoms with Crippen LogP contribution in [0.4, 0.5) is 0 Å². The highest BCUT2D eigenvalue weighted by molar-refractivity contribution is 7.23. The molecule has 0 nitrogen and oxygen atoms in total. The lowest BCUT2D eigenvalue weighted by atomic mass is 9.96. The molecule has 8 aromatic carbocycles. The molecule has 0 spiro atoms. The molecule has 58 heavy (non-hydrogen) atoms. The molecule has 0 aliphatic carbocycles. The summed E-state index contributed by atoms with van der Waals surface area (Å²) in [6.45, 7) is 0. The van der Waals surface area contributed by atoms with Crippen molar-refractivity contribution in [1.29, 1.82) is 0 Å². The molecule has 0 bridgehead atoms. The molecular formula is C54H32S4. The second kappa shape index (κ2) is 13.8. The first-order valence-corrected chi connectivity index (χ1v) is 22.8. The zero-order valence-electron chi connectivity index (χ0n) is 31.1. The fraction of sp³-hybridized carbons (Fsp3) is 0. The van der Waals surface area contributed by atoms with Gasteiger partial charge in [-0.2, -0.15) is 0 Å². The van der Waals surface area contributed by atoms with E-state index in [1.54, 1.807) is 22.7 Å². The van der Waals surface area contributed by atoms with Gasteiger partial charge in [-0.1, -0.05) is 158 Å². The normalized spacial score (nSPS) is 11.8. The van der Waals surface area contributed by atoms with E-state index < -0.39 is 0 Å². The Bertz CT molecular complexity index is 3200. The average Bonchev–Trinajstić information content (AvgIpc) is 4.14. The maximum Gasteiger partial charge on any atom is 0.0428 e. The first-order valence-electron chi connectivity index (χ1n) is 19.4. The largest absolute Gasteiger partial charge is 0.144 e. The number of hydrogen-bond acceptors (Lipinski definition) is 4. The van der Waals surface area contributed by atoms with Crippen molar-refractivity contribution in [3.8, 4) is 64.0 Å². The summed E-state index contributed by atoms with van der Waals surface area (Å²) in [5.41, 5.74) is 10.0. The van der Waals surface area contributed by atoms with Gasteiger partial charge in [0, 0.05) is 39.7 Å². The predicted octanol–water partition coefficient (Wildman–Crippen LogP) is 17.7. The van der Waals surface area contributed by atoms with Crippen LogP contribution in [0, 0.1) is 0 Å². The molecule has 272 valence electrons. The van der Waals surface area contributed by atoms with E-state index in [1.807, 2.05) is 22.7 Å². The van der Waals surface area contributed by atoms with Crippen LogP contribution in [-0.4, -0.2) is 0 Å². The van der Waals surface area contributed by atoms with Gasteiger partial charge in [0.15, 0.2) is 0 Å². The van der Waals surface area contributed by atoms with E-state index >= 15 is 0 Å². The summed E-state index contributed by atoms with van der Waals surface area (Å²) >= 11 is 7.36. The molecule has 12 rings (SSSR count). The van der Waals surface area contributed by atoms with Gasteiger partial charge < -0.3 is 0 Å². The Balaban J connectivity index is 0.844. The summed E-state index contributed by atoms with van der Waals surface area (Å²) in [5.74, 6) is 0. The first kappa shape index (κ1) is 33.9. The number of benzene rings is 8. The molecule has 0 radical (unpaired) electrons. The van der Waals surface area contributed by atoms with E-state index in [2.05, 4.69) is 193 Å². The smallest absolute Gasteiger partial charge is 0.0428 e. The van der Waals surface area contributed by atoms with Gasteiger partial charge in [-0.25, -0.2) is 0 Å². The van der Waals surface area contributed by atoms with Crippen molar-refractivity contribution in [3.05, 3.63) is 193 Å². The van der Waals surface area contributed by atoms with Crippen LogP contribution in [0.1, 0.15) is 0 Å². The quantitative estimate of drug-likeness (QED) is 0.147. The Morgan fingerprint density at radius 3 is 0.879 bits per heavy atom. The minimum absolute atomic E-state index is 1.24. The number of fused-ring (bicyclic) bond motifs is 9. The molecule has 0 N–H and O–H groups in total. The topological polar surface area (TPSA) is 0 Å². The fourth-order valence-electron chi connectivity index (χ4n) is 8.51. The Hall–Kier alpha value is -6.14. The maximum atomic E-state index is 2.36. The standard InChI is InChI=1S/C54H32S4/c1-3-49(55-29-1)37-13-5-33(6-14-37)35-9-17-39(18-10-35)51-31-41-21-23-45-43-26-28-48-46(44(43)25-27-47(45)53(41)57-51)24-22-42-32-52(58-54(42)48)40-19-11-36(12-20-40)34-7-15-38(16-8-34)50-4-2-30-56-50/h1-32H. The molecule has 4 heteroatoms. The minimum atomic E-state index is 1.24. The highest BCUT2D eigenvalue weighted by Crippen LogP contribution is 2.44. The van der Waals surface area contributed by atoms with Crippen LogP contribution in [0.15, 0.2) is 193 Å². The van der Waals surface area contributed by atoms with Gasteiger partial charge in [0.25, 0.3) is 0 Å². The van der Waals surface area contributed by atoms with Gasteiger partial charge in [0.1, 0.15) is 0 Å². The molecule has 4 aromatic heterocycles. The van der Waals surface area contributed by atoms with Crippen molar-refractivity contribution in [2.45, 2.75) is 0 Å². The summed E-state index contributed by atoms with van der Waals surface area (Å²) in [4.78, 5) is 5.21. The van der Waals surface area contributed by atoms with Crippen molar-refractivity contribution < 1.29 is 0 Å². The van der Waals surface area contributed by atoms with Crippen molar-refractivity contribution in [2.75, 3.05) is 0 Å². The predicted molar refractivity (Wildman–Crippen MR) is 258 cm³/mol. The number of thiophene rings is 4. The van der Waals surface area contributed by atoms with Gasteiger partial charge in [-0.05, 0) is 112 Å². The molecule has 0 amide bonds. The lowest BCUT2D eigenvalue weighted by Crippen LogP contribution is -1.81. The van der Waals surface area contributed by atoms with Crippen molar-refractivity contribution in [2.24, 2.45) is 0 Å². The Kier molecular flexibility index (Phi) is 8.05. The van der Waals surface area contributed by atoms with E-state index in [9.17, 15) is 0 Å². The molecule has 12 aromatic rings. The van der Waals surface area contributed by atoms with Crippen molar-refractivity contribution in [1.82, 2.24) is 0 Å². The van der Waals surface area contributed by atoms with Crippen LogP contribution >= 0.6 is 45.3 Å². The highest BCUT2D eigenvalue weighted by atomic mass is 32.1. The fourth-order valence-corrected chi connectivity index (χ4v) is 12.4. The van der Waals surface area contributed by atoms with Crippen LogP contribution in [-0.2, 0) is 0 Å². The Labute approximate surface area is 352 Å². The van der Waals surface area contributed by atoms with Gasteiger partial charge in [0.2, 0.25) is 0 Å². The Morgan fingerprint density at radius 1 is 0.241 bits per heavy atom. The monoisotopic (exact) mass is 808 g/mol. The zero-order valence-corrected chi connectivity index (χ0v) is 34.4. The minimum Gasteiger partial charge on any atom is -0.144 e. The Morgan fingerprint density at radius 2 is 0.534 bits per heavy atom. The maximum absolute atomic E-state index is 2.36. The second-order valence-electron chi connectivity index (χ2n) is 14.9. The van der Waals surface area contributed by atoms with Gasteiger partial charge >= 0.3 is 0 Å². The van der Waals surface area contributed by atoms with E-state index in [-0.39, 0.29) is 0 Å². The molecule has 0 aliphatic rings. The van der Waals surface area contributed by atoms with Crippen LogP contribution in [0.2, 0.25) is 0 Å². The molecule has 0 saturated heterocycles. The summed E-state index contributed by atoms with van der Waals surface area (Å²) in [6, 6.07) is 67.9. The molecule has 4 heterocycles. The summed E-state index contributed by atoms with van der Waals surface area (Å²) in [7, 11) is 0. The molecular weight excluding hydrogens is 777 g/mol. The van der Waals surface area contributed by atoms with Crippen LogP contribution in [0.5, 0.6) is 0 Å². The molecule has 0 atom stereocenters.